The van der Waals surface area contributed by atoms with E-state index in [2.05, 4.69) is 232 Å². The highest BCUT2D eigenvalue weighted by atomic mass is 16.3. The number of nitrogens with zero attached hydrogens (tertiary/aromatic N) is 12. The molecule has 0 bridgehead atoms. The Morgan fingerprint density at radius 3 is 1.31 bits per heavy atom. The molecule has 0 unspecified atom stereocenters. The fourth-order valence-electron chi connectivity index (χ4n) is 15.3. The molecule has 10 heterocycles. The van der Waals surface area contributed by atoms with E-state index in [1.54, 1.807) is 0 Å². The number of hydrogen-bond acceptors (Lipinski definition) is 6. The molecule has 14 nitrogen and oxygen atoms in total. The number of para-hydroxylation sites is 3. The van der Waals surface area contributed by atoms with Crippen LogP contribution >= 0.6 is 0 Å². The number of aromatic nitrogens is 8. The molecule has 12 aromatic carbocycles. The topological polar surface area (TPSA) is 157 Å². The Balaban J connectivity index is 0.0000000916. The van der Waals surface area contributed by atoms with Crippen molar-refractivity contribution < 1.29 is 27.6 Å². The van der Waals surface area contributed by atoms with Crippen LogP contribution < -0.4 is 18.7 Å². The van der Waals surface area contributed by atoms with Crippen LogP contribution in [0.1, 0.15) is 44.5 Å². The fraction of sp³-hybridized carbons (Fsp3) is 0.0476. The normalized spacial score (nSPS) is 12.3. The zero-order valence-corrected chi connectivity index (χ0v) is 52.4. The Morgan fingerprint density at radius 1 is 0.286 bits per heavy atom. The molecular weight excluding hydrogens is 1210 g/mol. The molecule has 6 aromatic heterocycles. The fourth-order valence-corrected chi connectivity index (χ4v) is 15.3. The molecule has 0 amide bonds. The van der Waals surface area contributed by atoms with Gasteiger partial charge in [-0.05, 0) is 108 Å². The summed E-state index contributed by atoms with van der Waals surface area (Å²) in [4.78, 5) is 0. The van der Waals surface area contributed by atoms with Crippen molar-refractivity contribution in [2.45, 2.75) is 26.2 Å². The van der Waals surface area contributed by atoms with Crippen LogP contribution in [-0.4, -0.2) is 18.7 Å². The first-order valence-corrected chi connectivity index (χ1v) is 32.4. The quantitative estimate of drug-likeness (QED) is 0.157. The summed E-state index contributed by atoms with van der Waals surface area (Å²) >= 11 is 0. The molecule has 0 N–H and O–H groups in total. The third kappa shape index (κ3) is 8.49. The molecule has 4 aliphatic heterocycles. The van der Waals surface area contributed by atoms with Crippen LogP contribution in [0.3, 0.4) is 0 Å². The Bertz CT molecular complexity index is 6630. The maximum atomic E-state index is 9.40. The van der Waals surface area contributed by atoms with Crippen LogP contribution in [0.15, 0.2) is 276 Å². The predicted octanol–water partition coefficient (Wildman–Crippen LogP) is 15.7. The van der Waals surface area contributed by atoms with Gasteiger partial charge < -0.3 is 8.83 Å². The van der Waals surface area contributed by atoms with Gasteiger partial charge in [0.2, 0.25) is 24.8 Å². The van der Waals surface area contributed by atoms with E-state index >= 15 is 0 Å². The molecule has 14 heteroatoms. The van der Waals surface area contributed by atoms with Crippen molar-refractivity contribution in [1.29, 1.82) is 21.0 Å². The molecule has 0 fully saturated rings. The van der Waals surface area contributed by atoms with E-state index in [0.29, 0.717) is 11.1 Å². The highest BCUT2D eigenvalue weighted by molar-refractivity contribution is 6.09. The van der Waals surface area contributed by atoms with E-state index in [1.165, 1.54) is 55.9 Å². The lowest BCUT2D eigenvalue weighted by Gasteiger charge is -2.07. The molecule has 0 atom stereocenters. The first-order chi connectivity index (χ1) is 48.4. The number of furan rings is 2. The van der Waals surface area contributed by atoms with Crippen LogP contribution in [0.2, 0.25) is 0 Å². The lowest BCUT2D eigenvalue weighted by Crippen LogP contribution is -2.36. The van der Waals surface area contributed by atoms with Gasteiger partial charge in [-0.15, -0.1) is 37.5 Å². The second-order valence-electron chi connectivity index (χ2n) is 25.1. The third-order valence-electron chi connectivity index (χ3n) is 19.6. The Kier molecular flexibility index (Phi) is 12.4. The zero-order chi connectivity index (χ0) is 65.3. The summed E-state index contributed by atoms with van der Waals surface area (Å²) in [7, 11) is 0. The smallest absolute Gasteiger partial charge is 0.205 e. The highest BCUT2D eigenvalue weighted by Gasteiger charge is 2.36. The third-order valence-corrected chi connectivity index (χ3v) is 19.6. The van der Waals surface area contributed by atoms with Crippen LogP contribution in [0.5, 0.6) is 0 Å². The van der Waals surface area contributed by atoms with Crippen LogP contribution in [-0.2, 0) is 26.2 Å². The van der Waals surface area contributed by atoms with Crippen LogP contribution in [0.4, 0.5) is 0 Å². The van der Waals surface area contributed by atoms with Gasteiger partial charge in [-0.2, -0.15) is 21.0 Å². The monoisotopic (exact) mass is 1260 g/mol. The molecule has 22 rings (SSSR count). The molecule has 4 aliphatic rings. The van der Waals surface area contributed by atoms with Gasteiger partial charge in [0.25, 0.3) is 0 Å². The summed E-state index contributed by atoms with van der Waals surface area (Å²) in [6, 6.07) is 91.7. The van der Waals surface area contributed by atoms with E-state index in [-0.39, 0.29) is 0 Å². The van der Waals surface area contributed by atoms with Crippen molar-refractivity contribution in [3.63, 3.8) is 0 Å². The van der Waals surface area contributed by atoms with Crippen molar-refractivity contribution in [1.82, 2.24) is 18.7 Å². The van der Waals surface area contributed by atoms with Gasteiger partial charge in [0.15, 0.2) is 37.4 Å². The number of benzene rings is 12. The van der Waals surface area contributed by atoms with Gasteiger partial charge in [0.1, 0.15) is 80.2 Å². The summed E-state index contributed by atoms with van der Waals surface area (Å²) in [5, 5.41) is 46.0. The Labute approximate surface area is 559 Å². The minimum absolute atomic E-state index is 0.699. The molecular formula is C84H52N12O2+4. The summed E-state index contributed by atoms with van der Waals surface area (Å²) in [5.74, 6) is 0. The summed E-state index contributed by atoms with van der Waals surface area (Å²) < 4.78 is 29.8. The Morgan fingerprint density at radius 2 is 0.735 bits per heavy atom. The molecule has 0 saturated heterocycles. The van der Waals surface area contributed by atoms with E-state index < -0.39 is 0 Å². The second kappa shape index (κ2) is 21.8. The van der Waals surface area contributed by atoms with Gasteiger partial charge in [-0.3, -0.25) is 0 Å². The summed E-state index contributed by atoms with van der Waals surface area (Å²) in [6.45, 7) is 3.23. The van der Waals surface area contributed by atoms with Crippen LogP contribution in [0, 0.1) is 45.3 Å². The van der Waals surface area contributed by atoms with Gasteiger partial charge in [0, 0.05) is 49.9 Å². The van der Waals surface area contributed by atoms with Crippen molar-refractivity contribution in [2.75, 3.05) is 0 Å². The molecule has 0 spiro atoms. The lowest BCUT2D eigenvalue weighted by atomic mass is 10.00. The maximum Gasteiger partial charge on any atom is 0.205 e. The van der Waals surface area contributed by atoms with Crippen molar-refractivity contribution in [3.8, 4) is 69.3 Å². The van der Waals surface area contributed by atoms with Crippen molar-refractivity contribution in [3.05, 3.63) is 312 Å². The average molecular weight is 1260 g/mol. The minimum atomic E-state index is 0.699. The lowest BCUT2D eigenvalue weighted by molar-refractivity contribution is -0.749. The SMILES string of the molecule is N#Cc1cccc2c1c[n+]1n2-c2c(ccc3c2oc2ccccc23)C1.N#Cc1cccc2c1c[n+]1n2-c2c(cccc2-c2ccccc2)C1.N#Cc1cccc2c1c[n+]1n2-c2cc3oc4ccccc4c3cc2C1.N#Cc1cccc2c1c[n+]1n2-c2ccc(-c3ccccc3)cc2C1. The Hall–Kier alpha value is -13.9. The standard InChI is InChI=1S/2C21H12N3O.2C21H14N3/c22-10-13-4-3-6-18-17(13)12-23-11-14-8-16-15-5-1-2-7-20(15)25-21(16)9-19(14)24(18)23;22-10-13-4-3-6-18-17(13)12-23-11-14-8-9-16-15-5-1-2-7-19(15)25-21(16)20(14)24(18)23;22-12-16-8-5-11-20-19(16)14-23-13-17-9-4-10-18(21(17)24(20)23)15-6-2-1-3-7-15;22-12-17-7-4-8-21-19(17)14-23-13-18-11-16(9-10-20(18)24(21)23)15-5-2-1-3-6-15/h2*1-9,12H,11H2;2*1-11,14H,13H2/q4*+1. The van der Waals surface area contributed by atoms with E-state index in [9.17, 15) is 21.0 Å². The molecule has 0 aliphatic carbocycles. The van der Waals surface area contributed by atoms with Gasteiger partial charge in [-0.1, -0.05) is 146 Å². The zero-order valence-electron chi connectivity index (χ0n) is 52.4. The van der Waals surface area contributed by atoms with E-state index in [0.717, 1.165) is 136 Å². The first kappa shape index (κ1) is 55.7. The summed E-state index contributed by atoms with van der Waals surface area (Å²) in [5.41, 5.74) is 25.4. The molecule has 98 heavy (non-hydrogen) atoms. The van der Waals surface area contributed by atoms with E-state index in [1.807, 2.05) is 97.1 Å². The minimum Gasteiger partial charge on any atom is -0.456 e. The number of hydrogen-bond donors (Lipinski definition) is 0. The summed E-state index contributed by atoms with van der Waals surface area (Å²) in [6.07, 6.45) is 8.29. The maximum absolute atomic E-state index is 9.40. The number of fused-ring (bicyclic) bond motifs is 27. The molecule has 0 radical (unpaired) electrons. The molecule has 456 valence electrons. The largest absolute Gasteiger partial charge is 0.456 e. The second-order valence-corrected chi connectivity index (χ2v) is 25.1. The van der Waals surface area contributed by atoms with Gasteiger partial charge in [0.05, 0.1) is 49.4 Å². The highest BCUT2D eigenvalue weighted by Crippen LogP contribution is 2.40. The predicted molar refractivity (Wildman–Crippen MR) is 375 cm³/mol. The van der Waals surface area contributed by atoms with Gasteiger partial charge in [-0.25, -0.2) is 0 Å². The van der Waals surface area contributed by atoms with Crippen molar-refractivity contribution in [2.24, 2.45) is 0 Å². The van der Waals surface area contributed by atoms with E-state index in [4.69, 9.17) is 8.83 Å². The number of nitriles is 4. The first-order valence-electron chi connectivity index (χ1n) is 32.4. The van der Waals surface area contributed by atoms with Crippen LogP contribution in [0.25, 0.3) is 132 Å². The average Bonchev–Trinajstić information content (AvgIpc) is 1.59. The number of rotatable bonds is 2. The van der Waals surface area contributed by atoms with Gasteiger partial charge >= 0.3 is 0 Å². The molecule has 0 saturated carbocycles. The molecule has 18 aromatic rings. The van der Waals surface area contributed by atoms with Crippen molar-refractivity contribution >= 4 is 87.5 Å².